The number of carbonyl (C=O) groups excluding carboxylic acids is 1. The summed E-state index contributed by atoms with van der Waals surface area (Å²) < 4.78 is 18.2. The normalized spacial score (nSPS) is 13.4. The van der Waals surface area contributed by atoms with E-state index in [0.29, 0.717) is 0 Å². The van der Waals surface area contributed by atoms with Crippen molar-refractivity contribution in [3.8, 4) is 0 Å². The molecule has 0 aliphatic carbocycles. The Hall–Kier alpha value is -2.18. The van der Waals surface area contributed by atoms with Crippen LogP contribution in [0.25, 0.3) is 0 Å². The summed E-state index contributed by atoms with van der Waals surface area (Å²) in [6.07, 6.45) is 0.882. The van der Waals surface area contributed by atoms with Crippen LogP contribution in [0.1, 0.15) is 37.6 Å². The molecule has 0 heterocycles. The van der Waals surface area contributed by atoms with Gasteiger partial charge in [-0.3, -0.25) is 10.1 Å². The van der Waals surface area contributed by atoms with Gasteiger partial charge in [-0.15, -0.1) is 0 Å². The van der Waals surface area contributed by atoms with Gasteiger partial charge in [-0.2, -0.15) is 0 Å². The zero-order valence-corrected chi connectivity index (χ0v) is 12.5. The molecule has 1 aromatic carbocycles. The number of nitro benzene ring substituents is 1. The van der Waals surface area contributed by atoms with Crippen LogP contribution in [-0.2, 0) is 4.74 Å². The Balaban J connectivity index is 3.26. The minimum Gasteiger partial charge on any atom is -0.465 e. The molecule has 0 saturated carbocycles. The molecule has 1 N–H and O–H groups in total. The smallest absolute Gasteiger partial charge is 0.340 e. The molecule has 0 saturated heterocycles. The number of benzene rings is 1. The van der Waals surface area contributed by atoms with Crippen LogP contribution in [0, 0.1) is 21.8 Å². The van der Waals surface area contributed by atoms with Crippen LogP contribution in [0.2, 0.25) is 0 Å². The second-order valence-electron chi connectivity index (χ2n) is 4.92. The number of rotatable bonds is 6. The zero-order chi connectivity index (χ0) is 16.2. The van der Waals surface area contributed by atoms with Crippen LogP contribution in [0.4, 0.5) is 15.8 Å². The number of hydrogen-bond acceptors (Lipinski definition) is 5. The second-order valence-corrected chi connectivity index (χ2v) is 4.92. The van der Waals surface area contributed by atoms with Crippen LogP contribution in [0.5, 0.6) is 0 Å². The highest BCUT2D eigenvalue weighted by Crippen LogP contribution is 2.29. The first-order chi connectivity index (χ1) is 9.81. The molecule has 6 nitrogen and oxygen atoms in total. The average molecular weight is 298 g/mol. The maximum atomic E-state index is 13.8. The molecule has 0 aromatic heterocycles. The standard InChI is InChI=1S/C14H19FN2O4/c1-5-8(2)9(3)16-12-6-10(14(18)21-4)11(15)7-13(12)17(19)20/h6-9,16H,5H2,1-4H3. The van der Waals surface area contributed by atoms with E-state index in [2.05, 4.69) is 10.1 Å². The van der Waals surface area contributed by atoms with E-state index in [4.69, 9.17) is 0 Å². The van der Waals surface area contributed by atoms with Crippen molar-refractivity contribution in [3.63, 3.8) is 0 Å². The largest absolute Gasteiger partial charge is 0.465 e. The number of methoxy groups -OCH3 is 1. The molecule has 2 unspecified atom stereocenters. The Morgan fingerprint density at radius 1 is 1.48 bits per heavy atom. The number of nitrogens with one attached hydrogen (secondary N) is 1. The molecule has 0 bridgehead atoms. The molecule has 0 fully saturated rings. The number of ether oxygens (including phenoxy) is 1. The van der Waals surface area contributed by atoms with E-state index in [1.165, 1.54) is 0 Å². The van der Waals surface area contributed by atoms with E-state index >= 15 is 0 Å². The Bertz CT molecular complexity index is 548. The lowest BCUT2D eigenvalue weighted by molar-refractivity contribution is -0.384. The molecule has 7 heteroatoms. The molecule has 0 radical (unpaired) electrons. The third kappa shape index (κ3) is 3.90. The lowest BCUT2D eigenvalue weighted by Gasteiger charge is -2.21. The van der Waals surface area contributed by atoms with E-state index in [1.807, 2.05) is 20.8 Å². The lowest BCUT2D eigenvalue weighted by Crippen LogP contribution is -2.24. The second kappa shape index (κ2) is 7.01. The van der Waals surface area contributed by atoms with E-state index in [1.54, 1.807) is 0 Å². The molecule has 0 amide bonds. The molecule has 0 aliphatic heterocycles. The predicted octanol–water partition coefficient (Wildman–Crippen LogP) is 3.37. The fourth-order valence-corrected chi connectivity index (χ4v) is 1.84. The van der Waals surface area contributed by atoms with E-state index in [-0.39, 0.29) is 23.2 Å². The summed E-state index contributed by atoms with van der Waals surface area (Å²) in [5.74, 6) is -1.59. The molecular weight excluding hydrogens is 279 g/mol. The number of esters is 1. The van der Waals surface area contributed by atoms with Crippen molar-refractivity contribution >= 4 is 17.3 Å². The number of halogens is 1. The Morgan fingerprint density at radius 3 is 2.57 bits per heavy atom. The summed E-state index contributed by atoms with van der Waals surface area (Å²) in [6.45, 7) is 5.87. The molecule has 116 valence electrons. The van der Waals surface area contributed by atoms with Crippen LogP contribution in [0.3, 0.4) is 0 Å². The third-order valence-corrected chi connectivity index (χ3v) is 3.57. The number of nitrogens with zero attached hydrogens (tertiary/aromatic N) is 1. The fraction of sp³-hybridized carbons (Fsp3) is 0.500. The lowest BCUT2D eigenvalue weighted by atomic mass is 10.0. The minimum absolute atomic E-state index is 0.0651. The molecule has 2 atom stereocenters. The number of anilines is 1. The monoisotopic (exact) mass is 298 g/mol. The van der Waals surface area contributed by atoms with Gasteiger partial charge in [-0.1, -0.05) is 20.3 Å². The predicted molar refractivity (Wildman–Crippen MR) is 76.9 cm³/mol. The highest BCUT2D eigenvalue weighted by Gasteiger charge is 2.24. The van der Waals surface area contributed by atoms with Crippen LogP contribution >= 0.6 is 0 Å². The quantitative estimate of drug-likeness (QED) is 0.494. The summed E-state index contributed by atoms with van der Waals surface area (Å²) in [5, 5.41) is 14.0. The topological polar surface area (TPSA) is 81.5 Å². The van der Waals surface area contributed by atoms with E-state index in [9.17, 15) is 19.3 Å². The molecule has 1 rings (SSSR count). The van der Waals surface area contributed by atoms with Crippen molar-refractivity contribution < 1.29 is 18.8 Å². The highest BCUT2D eigenvalue weighted by molar-refractivity contribution is 5.92. The summed E-state index contributed by atoms with van der Waals surface area (Å²) in [6, 6.07) is 1.79. The molecule has 1 aromatic rings. The maximum absolute atomic E-state index is 13.8. The molecule has 0 aliphatic rings. The third-order valence-electron chi connectivity index (χ3n) is 3.57. The first kappa shape index (κ1) is 16.9. The minimum atomic E-state index is -0.977. The van der Waals surface area contributed by atoms with Gasteiger partial charge in [0.25, 0.3) is 5.69 Å². The fourth-order valence-electron chi connectivity index (χ4n) is 1.84. The Kier molecular flexibility index (Phi) is 5.63. The van der Waals surface area contributed by atoms with Gasteiger partial charge < -0.3 is 10.1 Å². The van der Waals surface area contributed by atoms with Gasteiger partial charge in [-0.25, -0.2) is 9.18 Å². The van der Waals surface area contributed by atoms with E-state index in [0.717, 1.165) is 25.7 Å². The average Bonchev–Trinajstić information content (AvgIpc) is 2.46. The summed E-state index contributed by atoms with van der Waals surface area (Å²) in [4.78, 5) is 21.8. The van der Waals surface area contributed by atoms with Crippen molar-refractivity contribution in [2.24, 2.45) is 5.92 Å². The van der Waals surface area contributed by atoms with Gasteiger partial charge in [0, 0.05) is 6.04 Å². The SMILES string of the molecule is CCC(C)C(C)Nc1cc(C(=O)OC)c(F)cc1[N+](=O)[O-]. The van der Waals surface area contributed by atoms with Crippen LogP contribution in [0.15, 0.2) is 12.1 Å². The van der Waals surface area contributed by atoms with Gasteiger partial charge >= 0.3 is 5.97 Å². The van der Waals surface area contributed by atoms with Crippen molar-refractivity contribution in [2.75, 3.05) is 12.4 Å². The first-order valence-electron chi connectivity index (χ1n) is 6.64. The van der Waals surface area contributed by atoms with Gasteiger partial charge in [-0.05, 0) is 18.9 Å². The van der Waals surface area contributed by atoms with Crippen molar-refractivity contribution in [3.05, 3.63) is 33.6 Å². The molecule has 21 heavy (non-hydrogen) atoms. The zero-order valence-electron chi connectivity index (χ0n) is 12.5. The highest BCUT2D eigenvalue weighted by atomic mass is 19.1. The van der Waals surface area contributed by atoms with Gasteiger partial charge in [0.05, 0.1) is 23.7 Å². The van der Waals surface area contributed by atoms with Gasteiger partial charge in [0.15, 0.2) is 0 Å². The summed E-state index contributed by atoms with van der Waals surface area (Å²) in [7, 11) is 1.12. The summed E-state index contributed by atoms with van der Waals surface area (Å²) >= 11 is 0. The number of carbonyl (C=O) groups is 1. The summed E-state index contributed by atoms with van der Waals surface area (Å²) in [5.41, 5.74) is -0.633. The molecule has 0 spiro atoms. The van der Waals surface area contributed by atoms with E-state index < -0.39 is 22.4 Å². The van der Waals surface area contributed by atoms with Crippen molar-refractivity contribution in [1.82, 2.24) is 0 Å². The Morgan fingerprint density at radius 2 is 2.10 bits per heavy atom. The number of nitro groups is 1. The Labute approximate surface area is 122 Å². The van der Waals surface area contributed by atoms with Crippen molar-refractivity contribution in [2.45, 2.75) is 33.2 Å². The van der Waals surface area contributed by atoms with Gasteiger partial charge in [0.2, 0.25) is 0 Å². The first-order valence-corrected chi connectivity index (χ1v) is 6.64. The molecular formula is C14H19FN2O4. The number of hydrogen-bond donors (Lipinski definition) is 1. The van der Waals surface area contributed by atoms with Crippen LogP contribution in [-0.4, -0.2) is 24.0 Å². The maximum Gasteiger partial charge on any atom is 0.340 e. The van der Waals surface area contributed by atoms with Gasteiger partial charge in [0.1, 0.15) is 11.5 Å². The van der Waals surface area contributed by atoms with Crippen LogP contribution < -0.4 is 5.32 Å². The van der Waals surface area contributed by atoms with Crippen molar-refractivity contribution in [1.29, 1.82) is 0 Å².